The van der Waals surface area contributed by atoms with E-state index in [1.165, 1.54) is 0 Å². The van der Waals surface area contributed by atoms with Crippen molar-refractivity contribution in [1.82, 2.24) is 0 Å². The van der Waals surface area contributed by atoms with Gasteiger partial charge in [-0.15, -0.1) is 0 Å². The third-order valence-corrected chi connectivity index (χ3v) is 2.10. The maximum absolute atomic E-state index is 9.12. The number of rotatable bonds is 5. The number of allylic oxidation sites excluding steroid dienone is 2. The Labute approximate surface area is 79.3 Å². The second-order valence-electron chi connectivity index (χ2n) is 3.20. The Morgan fingerprint density at radius 2 is 2.54 bits per heavy atom. The van der Waals surface area contributed by atoms with Crippen LogP contribution in [0.1, 0.15) is 32.6 Å². The van der Waals surface area contributed by atoms with Gasteiger partial charge in [0.2, 0.25) is 0 Å². The number of aliphatic hydroxyl groups excluding tert-OH is 1. The summed E-state index contributed by atoms with van der Waals surface area (Å²) in [4.78, 5) is 0. The molecule has 0 bridgehead atoms. The topological polar surface area (TPSA) is 38.7 Å². The van der Waals surface area contributed by atoms with Gasteiger partial charge in [-0.3, -0.25) is 0 Å². The van der Waals surface area contributed by atoms with Crippen LogP contribution in [0.4, 0.5) is 0 Å². The highest BCUT2D eigenvalue weighted by Crippen LogP contribution is 2.13. The maximum Gasteiger partial charge on any atom is 0.157 e. The lowest BCUT2D eigenvalue weighted by Crippen LogP contribution is -2.11. The summed E-state index contributed by atoms with van der Waals surface area (Å²) in [6.07, 6.45) is 5.39. The Morgan fingerprint density at radius 3 is 3.15 bits per heavy atom. The molecular weight excluding hydrogens is 168 g/mol. The van der Waals surface area contributed by atoms with Gasteiger partial charge in [0.25, 0.3) is 0 Å². The summed E-state index contributed by atoms with van der Waals surface area (Å²) < 4.78 is 10.7. The molecule has 1 heterocycles. The predicted molar refractivity (Wildman–Crippen MR) is 50.5 cm³/mol. The fraction of sp³-hybridized carbons (Fsp3) is 0.800. The molecule has 1 saturated heterocycles. The smallest absolute Gasteiger partial charge is 0.157 e. The van der Waals surface area contributed by atoms with Crippen LogP contribution < -0.4 is 0 Å². The van der Waals surface area contributed by atoms with E-state index in [0.29, 0.717) is 18.8 Å². The van der Waals surface area contributed by atoms with Crippen LogP contribution in [0.15, 0.2) is 11.8 Å². The van der Waals surface area contributed by atoms with Crippen LogP contribution in [0.5, 0.6) is 0 Å². The van der Waals surface area contributed by atoms with Gasteiger partial charge in [-0.05, 0) is 25.8 Å². The van der Waals surface area contributed by atoms with Gasteiger partial charge in [0.15, 0.2) is 6.29 Å². The standard InChI is InChI=1S/C10H18O3/c1-2-9(11)5-3-7-12-10-6-4-8-13-10/h2,10-11H,3-8H2,1H3/b9-2-. The highest BCUT2D eigenvalue weighted by atomic mass is 16.7. The summed E-state index contributed by atoms with van der Waals surface area (Å²) >= 11 is 0. The molecule has 13 heavy (non-hydrogen) atoms. The van der Waals surface area contributed by atoms with Gasteiger partial charge in [0, 0.05) is 19.4 Å². The third kappa shape index (κ3) is 4.29. The number of ether oxygens (including phenoxy) is 2. The molecule has 76 valence electrons. The van der Waals surface area contributed by atoms with E-state index in [0.717, 1.165) is 25.9 Å². The first kappa shape index (κ1) is 10.5. The average molecular weight is 186 g/mol. The minimum Gasteiger partial charge on any atom is -0.513 e. The van der Waals surface area contributed by atoms with Crippen molar-refractivity contribution in [3.63, 3.8) is 0 Å². The first-order valence-corrected chi connectivity index (χ1v) is 4.90. The van der Waals surface area contributed by atoms with Crippen molar-refractivity contribution in [2.24, 2.45) is 0 Å². The number of hydrogen-bond donors (Lipinski definition) is 1. The van der Waals surface area contributed by atoms with E-state index in [-0.39, 0.29) is 6.29 Å². The van der Waals surface area contributed by atoms with Crippen molar-refractivity contribution in [3.05, 3.63) is 11.8 Å². The molecule has 0 amide bonds. The highest BCUT2D eigenvalue weighted by Gasteiger charge is 2.14. The van der Waals surface area contributed by atoms with Crippen molar-refractivity contribution in [1.29, 1.82) is 0 Å². The van der Waals surface area contributed by atoms with E-state index in [9.17, 15) is 0 Å². The molecule has 0 aromatic carbocycles. The van der Waals surface area contributed by atoms with Gasteiger partial charge < -0.3 is 14.6 Å². The maximum atomic E-state index is 9.12. The SMILES string of the molecule is C/C=C(\O)CCCOC1CCCO1. The molecule has 1 aliphatic rings. The van der Waals surface area contributed by atoms with Crippen LogP contribution in [0, 0.1) is 0 Å². The summed E-state index contributed by atoms with van der Waals surface area (Å²) in [5, 5.41) is 9.12. The summed E-state index contributed by atoms with van der Waals surface area (Å²) in [7, 11) is 0. The van der Waals surface area contributed by atoms with E-state index >= 15 is 0 Å². The van der Waals surface area contributed by atoms with Crippen LogP contribution in [0.25, 0.3) is 0 Å². The number of aliphatic hydroxyl groups is 1. The Kier molecular flexibility index (Phi) is 4.86. The van der Waals surface area contributed by atoms with E-state index in [1.54, 1.807) is 6.08 Å². The summed E-state index contributed by atoms with van der Waals surface area (Å²) in [5.41, 5.74) is 0. The first-order chi connectivity index (χ1) is 6.33. The normalized spacial score (nSPS) is 23.8. The molecule has 0 aromatic heterocycles. The Hall–Kier alpha value is -0.540. The fourth-order valence-corrected chi connectivity index (χ4v) is 1.29. The van der Waals surface area contributed by atoms with Crippen molar-refractivity contribution >= 4 is 0 Å². The Balaban J connectivity index is 1.94. The van der Waals surface area contributed by atoms with Crippen molar-refractivity contribution in [2.75, 3.05) is 13.2 Å². The minimum atomic E-state index is 0.00717. The quantitative estimate of drug-likeness (QED) is 0.529. The molecule has 1 atom stereocenters. The molecular formula is C10H18O3. The number of hydrogen-bond acceptors (Lipinski definition) is 3. The summed E-state index contributed by atoms with van der Waals surface area (Å²) in [5.74, 6) is 0.441. The monoisotopic (exact) mass is 186 g/mol. The van der Waals surface area contributed by atoms with Crippen LogP contribution in [0.2, 0.25) is 0 Å². The summed E-state index contributed by atoms with van der Waals surface area (Å²) in [6.45, 7) is 3.32. The van der Waals surface area contributed by atoms with Crippen LogP contribution >= 0.6 is 0 Å². The lowest BCUT2D eigenvalue weighted by molar-refractivity contribution is -0.111. The lowest BCUT2D eigenvalue weighted by Gasteiger charge is -2.10. The Morgan fingerprint density at radius 1 is 1.69 bits per heavy atom. The van der Waals surface area contributed by atoms with Gasteiger partial charge in [-0.25, -0.2) is 0 Å². The van der Waals surface area contributed by atoms with Crippen molar-refractivity contribution in [3.8, 4) is 0 Å². The molecule has 0 radical (unpaired) electrons. The van der Waals surface area contributed by atoms with E-state index < -0.39 is 0 Å². The van der Waals surface area contributed by atoms with Crippen LogP contribution in [0.3, 0.4) is 0 Å². The molecule has 3 heteroatoms. The lowest BCUT2D eigenvalue weighted by atomic mass is 10.3. The van der Waals surface area contributed by atoms with Crippen LogP contribution in [-0.4, -0.2) is 24.6 Å². The zero-order valence-corrected chi connectivity index (χ0v) is 8.16. The van der Waals surface area contributed by atoms with Crippen molar-refractivity contribution < 1.29 is 14.6 Å². The minimum absolute atomic E-state index is 0.00717. The van der Waals surface area contributed by atoms with Crippen molar-refractivity contribution in [2.45, 2.75) is 38.9 Å². The van der Waals surface area contributed by atoms with Gasteiger partial charge >= 0.3 is 0 Å². The van der Waals surface area contributed by atoms with Gasteiger partial charge in [-0.1, -0.05) is 0 Å². The van der Waals surface area contributed by atoms with Crippen LogP contribution in [-0.2, 0) is 9.47 Å². The van der Waals surface area contributed by atoms with Gasteiger partial charge in [0.05, 0.1) is 12.4 Å². The molecule has 0 aliphatic carbocycles. The van der Waals surface area contributed by atoms with Gasteiger partial charge in [0.1, 0.15) is 0 Å². The zero-order chi connectivity index (χ0) is 9.52. The molecule has 0 saturated carbocycles. The van der Waals surface area contributed by atoms with E-state index in [2.05, 4.69) is 0 Å². The predicted octanol–water partition coefficient (Wildman–Crippen LogP) is 2.38. The molecule has 1 rings (SSSR count). The summed E-state index contributed by atoms with van der Waals surface area (Å²) in [6, 6.07) is 0. The van der Waals surface area contributed by atoms with E-state index in [4.69, 9.17) is 14.6 Å². The molecule has 0 aromatic rings. The average Bonchev–Trinajstić information content (AvgIpc) is 2.64. The van der Waals surface area contributed by atoms with E-state index in [1.807, 2.05) is 6.92 Å². The first-order valence-electron chi connectivity index (χ1n) is 4.90. The molecule has 1 fully saturated rings. The molecule has 1 unspecified atom stereocenters. The molecule has 0 spiro atoms. The molecule has 1 aliphatic heterocycles. The third-order valence-electron chi connectivity index (χ3n) is 2.10. The second-order valence-corrected chi connectivity index (χ2v) is 3.20. The Bertz CT molecular complexity index is 160. The fourth-order valence-electron chi connectivity index (χ4n) is 1.29. The van der Waals surface area contributed by atoms with Gasteiger partial charge in [-0.2, -0.15) is 0 Å². The highest BCUT2D eigenvalue weighted by molar-refractivity contribution is 4.86. The molecule has 1 N–H and O–H groups in total. The second kappa shape index (κ2) is 6.00. The zero-order valence-electron chi connectivity index (χ0n) is 8.16. The largest absolute Gasteiger partial charge is 0.513 e. The molecule has 3 nitrogen and oxygen atoms in total.